The van der Waals surface area contributed by atoms with Gasteiger partial charge in [0.2, 0.25) is 0 Å². The van der Waals surface area contributed by atoms with Crippen molar-refractivity contribution in [3.8, 4) is 5.75 Å². The highest BCUT2D eigenvalue weighted by atomic mass is 35.5. The van der Waals surface area contributed by atoms with Gasteiger partial charge < -0.3 is 9.47 Å². The molecule has 0 atom stereocenters. The summed E-state index contributed by atoms with van der Waals surface area (Å²) in [6, 6.07) is 12.9. The predicted molar refractivity (Wildman–Crippen MR) is 79.9 cm³/mol. The van der Waals surface area contributed by atoms with Crippen LogP contribution in [0.1, 0.15) is 10.4 Å². The Labute approximate surface area is 126 Å². The van der Waals surface area contributed by atoms with Gasteiger partial charge in [-0.25, -0.2) is 4.79 Å². The summed E-state index contributed by atoms with van der Waals surface area (Å²) in [6.45, 7) is 0. The smallest absolute Gasteiger partial charge is 0.341 e. The minimum atomic E-state index is -0.412. The molecule has 2 aromatic rings. The molecule has 0 saturated carbocycles. The van der Waals surface area contributed by atoms with E-state index in [2.05, 4.69) is 0 Å². The van der Waals surface area contributed by atoms with Crippen molar-refractivity contribution in [3.05, 3.63) is 53.1 Å². The van der Waals surface area contributed by atoms with E-state index in [1.54, 1.807) is 17.8 Å². The van der Waals surface area contributed by atoms with Crippen LogP contribution in [0.5, 0.6) is 5.75 Å². The maximum atomic E-state index is 11.6. The zero-order chi connectivity index (χ0) is 14.5. The van der Waals surface area contributed by atoms with Gasteiger partial charge in [0.1, 0.15) is 11.3 Å². The molecule has 2 rings (SSSR count). The summed E-state index contributed by atoms with van der Waals surface area (Å²) in [7, 11) is 2.87. The van der Waals surface area contributed by atoms with Crippen LogP contribution in [-0.2, 0) is 4.74 Å². The van der Waals surface area contributed by atoms with Crippen molar-refractivity contribution in [1.29, 1.82) is 0 Å². The number of methoxy groups -OCH3 is 2. The largest absolute Gasteiger partial charge is 0.496 e. The predicted octanol–water partition coefficient (Wildman–Crippen LogP) is 4.29. The van der Waals surface area contributed by atoms with Crippen LogP contribution >= 0.6 is 23.4 Å². The SMILES string of the molecule is COC(=O)c1ccc(Sc2ccc(Cl)cc2)cc1OC. The standard InChI is InChI=1S/C15H13ClO3S/c1-18-14-9-12(7-8-13(14)15(17)19-2)20-11-5-3-10(16)4-6-11/h3-9H,1-2H3. The maximum absolute atomic E-state index is 11.6. The van der Waals surface area contributed by atoms with Crippen molar-refractivity contribution < 1.29 is 14.3 Å². The summed E-state index contributed by atoms with van der Waals surface area (Å²) in [5.41, 5.74) is 0.412. The lowest BCUT2D eigenvalue weighted by Gasteiger charge is -2.09. The van der Waals surface area contributed by atoms with E-state index < -0.39 is 5.97 Å². The van der Waals surface area contributed by atoms with Crippen LogP contribution in [-0.4, -0.2) is 20.2 Å². The fourth-order valence-electron chi connectivity index (χ4n) is 1.65. The first-order chi connectivity index (χ1) is 9.63. The van der Waals surface area contributed by atoms with Crippen LogP contribution in [0.3, 0.4) is 0 Å². The molecule has 0 aliphatic rings. The van der Waals surface area contributed by atoms with Crippen molar-refractivity contribution >= 4 is 29.3 Å². The van der Waals surface area contributed by atoms with Gasteiger partial charge in [0, 0.05) is 14.8 Å². The second-order valence-corrected chi connectivity index (χ2v) is 5.49. The molecule has 20 heavy (non-hydrogen) atoms. The van der Waals surface area contributed by atoms with Gasteiger partial charge in [0.05, 0.1) is 14.2 Å². The van der Waals surface area contributed by atoms with E-state index in [1.807, 2.05) is 36.4 Å². The molecule has 0 aliphatic heterocycles. The van der Waals surface area contributed by atoms with E-state index in [0.717, 1.165) is 9.79 Å². The lowest BCUT2D eigenvalue weighted by Crippen LogP contribution is -2.03. The number of benzene rings is 2. The Bertz CT molecular complexity index is 611. The van der Waals surface area contributed by atoms with Gasteiger partial charge in [-0.3, -0.25) is 0 Å². The summed E-state index contributed by atoms with van der Waals surface area (Å²) < 4.78 is 9.94. The number of ether oxygens (including phenoxy) is 2. The van der Waals surface area contributed by atoms with E-state index >= 15 is 0 Å². The zero-order valence-electron chi connectivity index (χ0n) is 11.1. The molecule has 0 fully saturated rings. The average Bonchev–Trinajstić information content (AvgIpc) is 2.48. The number of halogens is 1. The van der Waals surface area contributed by atoms with Crippen molar-refractivity contribution in [3.63, 3.8) is 0 Å². The van der Waals surface area contributed by atoms with Crippen LogP contribution < -0.4 is 4.74 Å². The number of hydrogen-bond acceptors (Lipinski definition) is 4. The molecule has 5 heteroatoms. The number of carbonyl (C=O) groups is 1. The topological polar surface area (TPSA) is 35.5 Å². The van der Waals surface area contributed by atoms with Crippen LogP contribution in [0, 0.1) is 0 Å². The lowest BCUT2D eigenvalue weighted by atomic mass is 10.2. The Balaban J connectivity index is 2.25. The first-order valence-corrected chi connectivity index (χ1v) is 7.03. The molecule has 3 nitrogen and oxygen atoms in total. The van der Waals surface area contributed by atoms with Crippen LogP contribution in [0.4, 0.5) is 0 Å². The van der Waals surface area contributed by atoms with Gasteiger partial charge in [0.25, 0.3) is 0 Å². The van der Waals surface area contributed by atoms with E-state index in [-0.39, 0.29) is 0 Å². The Kier molecular flexibility index (Phi) is 4.93. The molecule has 0 radical (unpaired) electrons. The summed E-state index contributed by atoms with van der Waals surface area (Å²) in [5, 5.41) is 0.702. The van der Waals surface area contributed by atoms with E-state index in [0.29, 0.717) is 16.3 Å². The highest BCUT2D eigenvalue weighted by Crippen LogP contribution is 2.32. The third kappa shape index (κ3) is 3.46. The van der Waals surface area contributed by atoms with E-state index in [9.17, 15) is 4.79 Å². The summed E-state index contributed by atoms with van der Waals surface area (Å²) >= 11 is 7.42. The molecule has 0 aromatic heterocycles. The highest BCUT2D eigenvalue weighted by molar-refractivity contribution is 7.99. The Morgan fingerprint density at radius 3 is 2.30 bits per heavy atom. The molecule has 104 valence electrons. The number of hydrogen-bond donors (Lipinski definition) is 0. The van der Waals surface area contributed by atoms with E-state index in [4.69, 9.17) is 21.1 Å². The molecule has 0 spiro atoms. The summed E-state index contributed by atoms with van der Waals surface area (Å²) in [4.78, 5) is 13.6. The molecule has 0 heterocycles. The fraction of sp³-hybridized carbons (Fsp3) is 0.133. The summed E-state index contributed by atoms with van der Waals surface area (Å²) in [6.07, 6.45) is 0. The van der Waals surface area contributed by atoms with Crippen LogP contribution in [0.25, 0.3) is 0 Å². The number of rotatable bonds is 4. The lowest BCUT2D eigenvalue weighted by molar-refractivity contribution is 0.0597. The zero-order valence-corrected chi connectivity index (χ0v) is 12.6. The Hall–Kier alpha value is -1.65. The molecule has 0 saturated heterocycles. The molecule has 2 aromatic carbocycles. The highest BCUT2D eigenvalue weighted by Gasteiger charge is 2.13. The number of carbonyl (C=O) groups excluding carboxylic acids is 1. The Morgan fingerprint density at radius 2 is 1.70 bits per heavy atom. The van der Waals surface area contributed by atoms with Gasteiger partial charge in [-0.2, -0.15) is 0 Å². The molecular formula is C15H13ClO3S. The van der Waals surface area contributed by atoms with Crippen LogP contribution in [0.15, 0.2) is 52.3 Å². The molecule has 0 bridgehead atoms. The van der Waals surface area contributed by atoms with E-state index in [1.165, 1.54) is 14.2 Å². The monoisotopic (exact) mass is 308 g/mol. The Morgan fingerprint density at radius 1 is 1.05 bits per heavy atom. The van der Waals surface area contributed by atoms with Gasteiger partial charge in [-0.05, 0) is 42.5 Å². The van der Waals surface area contributed by atoms with Gasteiger partial charge in [-0.15, -0.1) is 0 Å². The minimum absolute atomic E-state index is 0.412. The van der Waals surface area contributed by atoms with Crippen molar-refractivity contribution in [2.45, 2.75) is 9.79 Å². The van der Waals surface area contributed by atoms with Crippen molar-refractivity contribution in [2.75, 3.05) is 14.2 Å². The first-order valence-electron chi connectivity index (χ1n) is 5.84. The quantitative estimate of drug-likeness (QED) is 0.790. The molecular weight excluding hydrogens is 296 g/mol. The average molecular weight is 309 g/mol. The fourth-order valence-corrected chi connectivity index (χ4v) is 2.62. The normalized spacial score (nSPS) is 10.2. The van der Waals surface area contributed by atoms with Gasteiger partial charge in [0.15, 0.2) is 0 Å². The van der Waals surface area contributed by atoms with Crippen molar-refractivity contribution in [2.24, 2.45) is 0 Å². The first kappa shape index (κ1) is 14.8. The molecule has 0 amide bonds. The summed E-state index contributed by atoms with van der Waals surface area (Å²) in [5.74, 6) is 0.0840. The molecule has 0 unspecified atom stereocenters. The third-order valence-corrected chi connectivity index (χ3v) is 3.88. The molecule has 0 aliphatic carbocycles. The second-order valence-electron chi connectivity index (χ2n) is 3.91. The van der Waals surface area contributed by atoms with Crippen molar-refractivity contribution in [1.82, 2.24) is 0 Å². The number of esters is 1. The van der Waals surface area contributed by atoms with Gasteiger partial charge in [-0.1, -0.05) is 23.4 Å². The van der Waals surface area contributed by atoms with Crippen LogP contribution in [0.2, 0.25) is 5.02 Å². The van der Waals surface area contributed by atoms with Gasteiger partial charge >= 0.3 is 5.97 Å². The second kappa shape index (κ2) is 6.68. The third-order valence-electron chi connectivity index (χ3n) is 2.63. The molecule has 0 N–H and O–H groups in total. The minimum Gasteiger partial charge on any atom is -0.496 e. The maximum Gasteiger partial charge on any atom is 0.341 e.